The second kappa shape index (κ2) is 4.61. The van der Waals surface area contributed by atoms with Crippen LogP contribution in [0.3, 0.4) is 0 Å². The third kappa shape index (κ3) is 2.25. The zero-order chi connectivity index (χ0) is 13.3. The molecule has 6 nitrogen and oxygen atoms in total. The molecular weight excluding hydrogens is 256 g/mol. The molecule has 0 aromatic carbocycles. The first-order valence-corrected chi connectivity index (χ1v) is 5.87. The van der Waals surface area contributed by atoms with E-state index in [0.717, 1.165) is 4.88 Å². The number of aryl methyl sites for hydroxylation is 2. The Labute approximate surface area is 106 Å². The summed E-state index contributed by atoms with van der Waals surface area (Å²) in [5, 5.41) is 15.3. The summed E-state index contributed by atoms with van der Waals surface area (Å²) in [6, 6.07) is 1.51. The van der Waals surface area contributed by atoms with Crippen molar-refractivity contribution in [2.75, 3.05) is 5.32 Å². The maximum atomic E-state index is 11.8. The lowest BCUT2D eigenvalue weighted by Crippen LogP contribution is -2.13. The number of carboxylic acids is 1. The number of carbonyl (C=O) groups is 2. The van der Waals surface area contributed by atoms with Crippen molar-refractivity contribution >= 4 is 28.2 Å². The molecule has 0 spiro atoms. The first-order chi connectivity index (χ1) is 8.49. The van der Waals surface area contributed by atoms with Crippen molar-refractivity contribution in [2.45, 2.75) is 13.8 Å². The molecule has 0 saturated carbocycles. The van der Waals surface area contributed by atoms with E-state index in [1.165, 1.54) is 23.6 Å². The fourth-order valence-electron chi connectivity index (χ4n) is 1.44. The molecule has 2 N–H and O–H groups in total. The highest BCUT2D eigenvalue weighted by Gasteiger charge is 2.19. The zero-order valence-corrected chi connectivity index (χ0v) is 10.5. The Kier molecular flexibility index (Phi) is 3.15. The van der Waals surface area contributed by atoms with Crippen LogP contribution in [0.1, 0.15) is 31.4 Å². The van der Waals surface area contributed by atoms with Crippen LogP contribution in [-0.2, 0) is 0 Å². The fraction of sp³-hybridized carbons (Fsp3) is 0.182. The zero-order valence-electron chi connectivity index (χ0n) is 9.68. The second-order valence-corrected chi connectivity index (χ2v) is 4.95. The third-order valence-corrected chi connectivity index (χ3v) is 3.23. The summed E-state index contributed by atoms with van der Waals surface area (Å²) in [5.74, 6) is -1.50. The topological polar surface area (TPSA) is 92.4 Å². The summed E-state index contributed by atoms with van der Waals surface area (Å²) in [5.41, 5.74) is 0.667. The average molecular weight is 266 g/mol. The van der Waals surface area contributed by atoms with E-state index in [4.69, 9.17) is 9.63 Å². The normalized spacial score (nSPS) is 10.3. The van der Waals surface area contributed by atoms with Crippen LogP contribution in [-0.4, -0.2) is 22.1 Å². The standard InChI is InChI=1S/C11H10N2O4S/c1-5-4-12-17-8(5)9(14)13-10-7(11(15)16)3-6(2)18-10/h3-4H,1-2H3,(H,13,14)(H,15,16). The highest BCUT2D eigenvalue weighted by molar-refractivity contribution is 7.16. The Bertz CT molecular complexity index is 614. The second-order valence-electron chi connectivity index (χ2n) is 3.70. The van der Waals surface area contributed by atoms with Crippen LogP contribution in [0, 0.1) is 13.8 Å². The van der Waals surface area contributed by atoms with Gasteiger partial charge in [0.2, 0.25) is 5.76 Å². The molecule has 0 radical (unpaired) electrons. The minimum Gasteiger partial charge on any atom is -0.478 e. The van der Waals surface area contributed by atoms with Gasteiger partial charge >= 0.3 is 5.97 Å². The van der Waals surface area contributed by atoms with Crippen LogP contribution in [0.4, 0.5) is 5.00 Å². The summed E-state index contributed by atoms with van der Waals surface area (Å²) in [4.78, 5) is 23.6. The molecule has 0 aliphatic heterocycles. The van der Waals surface area contributed by atoms with Crippen LogP contribution < -0.4 is 5.32 Å². The molecule has 1 amide bonds. The van der Waals surface area contributed by atoms with E-state index in [2.05, 4.69) is 10.5 Å². The lowest BCUT2D eigenvalue weighted by molar-refractivity contribution is 0.0698. The maximum absolute atomic E-state index is 11.8. The quantitative estimate of drug-likeness (QED) is 0.889. The number of hydrogen-bond acceptors (Lipinski definition) is 5. The fourth-order valence-corrected chi connectivity index (χ4v) is 2.33. The predicted molar refractivity (Wildman–Crippen MR) is 65.2 cm³/mol. The van der Waals surface area contributed by atoms with Gasteiger partial charge in [-0.2, -0.15) is 0 Å². The Balaban J connectivity index is 2.27. The summed E-state index contributed by atoms with van der Waals surface area (Å²) in [6.07, 6.45) is 1.42. The van der Waals surface area contributed by atoms with Crippen molar-refractivity contribution < 1.29 is 19.2 Å². The monoisotopic (exact) mass is 266 g/mol. The van der Waals surface area contributed by atoms with E-state index in [1.807, 2.05) is 0 Å². The molecule has 0 atom stereocenters. The number of aromatic nitrogens is 1. The molecule has 0 unspecified atom stereocenters. The third-order valence-electron chi connectivity index (χ3n) is 2.27. The van der Waals surface area contributed by atoms with Crippen molar-refractivity contribution in [3.05, 3.63) is 34.0 Å². The molecule has 0 aliphatic carbocycles. The Hall–Kier alpha value is -2.15. The van der Waals surface area contributed by atoms with Crippen molar-refractivity contribution in [1.29, 1.82) is 0 Å². The van der Waals surface area contributed by atoms with Gasteiger partial charge in [0.25, 0.3) is 5.91 Å². The van der Waals surface area contributed by atoms with Gasteiger partial charge in [0.15, 0.2) is 0 Å². The number of aromatic carboxylic acids is 1. The number of nitrogens with zero attached hydrogens (tertiary/aromatic N) is 1. The van der Waals surface area contributed by atoms with E-state index in [9.17, 15) is 9.59 Å². The van der Waals surface area contributed by atoms with Crippen molar-refractivity contribution in [2.24, 2.45) is 0 Å². The van der Waals surface area contributed by atoms with Crippen molar-refractivity contribution in [3.63, 3.8) is 0 Å². The molecule has 0 bridgehead atoms. The van der Waals surface area contributed by atoms with Crippen molar-refractivity contribution in [1.82, 2.24) is 5.16 Å². The van der Waals surface area contributed by atoms with Gasteiger partial charge in [-0.05, 0) is 19.9 Å². The predicted octanol–water partition coefficient (Wildman–Crippen LogP) is 2.30. The maximum Gasteiger partial charge on any atom is 0.338 e. The number of amides is 1. The number of carboxylic acid groups (broad SMARTS) is 1. The molecule has 2 rings (SSSR count). The van der Waals surface area contributed by atoms with Gasteiger partial charge < -0.3 is 14.9 Å². The smallest absolute Gasteiger partial charge is 0.338 e. The minimum atomic E-state index is -1.08. The Morgan fingerprint density at radius 1 is 1.44 bits per heavy atom. The van der Waals surface area contributed by atoms with E-state index in [0.29, 0.717) is 10.6 Å². The van der Waals surface area contributed by atoms with Crippen LogP contribution in [0.15, 0.2) is 16.8 Å². The molecule has 2 aromatic heterocycles. The van der Waals surface area contributed by atoms with Crippen LogP contribution >= 0.6 is 11.3 Å². The number of rotatable bonds is 3. The molecule has 0 fully saturated rings. The number of nitrogens with one attached hydrogen (secondary N) is 1. The van der Waals surface area contributed by atoms with Crippen LogP contribution in [0.25, 0.3) is 0 Å². The number of hydrogen-bond donors (Lipinski definition) is 2. The molecule has 94 valence electrons. The van der Waals surface area contributed by atoms with E-state index in [-0.39, 0.29) is 11.3 Å². The summed E-state index contributed by atoms with van der Waals surface area (Å²) < 4.78 is 4.80. The van der Waals surface area contributed by atoms with Gasteiger partial charge in [-0.1, -0.05) is 5.16 Å². The van der Waals surface area contributed by atoms with E-state index < -0.39 is 11.9 Å². The van der Waals surface area contributed by atoms with Gasteiger partial charge in [0.05, 0.1) is 11.8 Å². The van der Waals surface area contributed by atoms with Crippen LogP contribution in [0.5, 0.6) is 0 Å². The SMILES string of the molecule is Cc1cc(C(=O)O)c(NC(=O)c2oncc2C)s1. The van der Waals surface area contributed by atoms with Gasteiger partial charge in [0.1, 0.15) is 5.00 Å². The largest absolute Gasteiger partial charge is 0.478 e. The molecule has 2 heterocycles. The summed E-state index contributed by atoms with van der Waals surface area (Å²) >= 11 is 1.20. The highest BCUT2D eigenvalue weighted by Crippen LogP contribution is 2.28. The van der Waals surface area contributed by atoms with Gasteiger partial charge in [-0.25, -0.2) is 4.79 Å². The van der Waals surface area contributed by atoms with Gasteiger partial charge in [-0.3, -0.25) is 4.79 Å². The van der Waals surface area contributed by atoms with Crippen molar-refractivity contribution in [3.8, 4) is 0 Å². The Morgan fingerprint density at radius 3 is 2.72 bits per heavy atom. The van der Waals surface area contributed by atoms with E-state index >= 15 is 0 Å². The van der Waals surface area contributed by atoms with E-state index in [1.54, 1.807) is 13.8 Å². The number of anilines is 1. The van der Waals surface area contributed by atoms with Crippen LogP contribution in [0.2, 0.25) is 0 Å². The minimum absolute atomic E-state index is 0.0722. The molecule has 2 aromatic rings. The average Bonchev–Trinajstić information content (AvgIpc) is 2.84. The number of carbonyl (C=O) groups excluding carboxylic acids is 1. The summed E-state index contributed by atoms with van der Waals surface area (Å²) in [7, 11) is 0. The Morgan fingerprint density at radius 2 is 2.17 bits per heavy atom. The first-order valence-electron chi connectivity index (χ1n) is 5.05. The first kappa shape index (κ1) is 12.3. The lowest BCUT2D eigenvalue weighted by atomic mass is 10.2. The summed E-state index contributed by atoms with van der Waals surface area (Å²) in [6.45, 7) is 3.45. The molecule has 7 heteroatoms. The molecule has 0 aliphatic rings. The lowest BCUT2D eigenvalue weighted by Gasteiger charge is -2.01. The number of thiophene rings is 1. The molecule has 0 saturated heterocycles. The molecule has 18 heavy (non-hydrogen) atoms. The highest BCUT2D eigenvalue weighted by atomic mass is 32.1. The molecular formula is C11H10N2O4S. The van der Waals surface area contributed by atoms with Gasteiger partial charge in [-0.15, -0.1) is 11.3 Å². The van der Waals surface area contributed by atoms with Gasteiger partial charge in [0, 0.05) is 10.4 Å².